The van der Waals surface area contributed by atoms with Crippen LogP contribution in [0.3, 0.4) is 0 Å². The molecule has 0 aliphatic carbocycles. The minimum atomic E-state index is -0.865. The summed E-state index contributed by atoms with van der Waals surface area (Å²) in [4.78, 5) is 22.8. The zero-order chi connectivity index (χ0) is 15.1. The number of ether oxygens (including phenoxy) is 2. The second-order valence-electron chi connectivity index (χ2n) is 3.60. The molecule has 0 unspecified atom stereocenters. The van der Waals surface area contributed by atoms with Gasteiger partial charge in [-0.1, -0.05) is 5.92 Å². The molecule has 0 amide bonds. The van der Waals surface area contributed by atoms with Crippen LogP contribution in [0.1, 0.15) is 22.3 Å². The number of nitrogens with zero attached hydrogens (tertiary/aromatic N) is 1. The molecular weight excluding hydrogens is 265 g/mol. The number of terminal acetylenes is 1. The molecule has 20 heavy (non-hydrogen) atoms. The summed E-state index contributed by atoms with van der Waals surface area (Å²) in [6.45, 7) is -0.301. The molecule has 0 fully saturated rings. The van der Waals surface area contributed by atoms with E-state index in [1.54, 1.807) is 6.07 Å². The lowest BCUT2D eigenvalue weighted by Crippen LogP contribution is -2.12. The molecule has 1 rings (SSSR count). The van der Waals surface area contributed by atoms with Gasteiger partial charge in [-0.05, 0) is 12.1 Å². The zero-order valence-electron chi connectivity index (χ0n) is 10.6. The van der Waals surface area contributed by atoms with Crippen LogP contribution in [0, 0.1) is 29.5 Å². The van der Waals surface area contributed by atoms with Crippen molar-refractivity contribution in [1.82, 2.24) is 0 Å². The standard InChI is InChI=1S/C14H10FNO4/c1-3-9-6-11(15)10(7-13(9)20-5-4-16)12(17)8-14(18)19-2/h1,6-7H,5,8H2,2H3. The maximum atomic E-state index is 13.8. The average Bonchev–Trinajstić information content (AvgIpc) is 2.45. The molecule has 0 radical (unpaired) electrons. The number of nitriles is 1. The Morgan fingerprint density at radius 1 is 1.45 bits per heavy atom. The van der Waals surface area contributed by atoms with Crippen LogP contribution in [0.25, 0.3) is 0 Å². The van der Waals surface area contributed by atoms with Crippen molar-refractivity contribution in [1.29, 1.82) is 5.26 Å². The van der Waals surface area contributed by atoms with Gasteiger partial charge in [-0.2, -0.15) is 5.26 Å². The molecule has 0 N–H and O–H groups in total. The molecular formula is C14H10FNO4. The van der Waals surface area contributed by atoms with Crippen LogP contribution in [-0.2, 0) is 9.53 Å². The maximum Gasteiger partial charge on any atom is 0.313 e. The van der Waals surface area contributed by atoms with E-state index >= 15 is 0 Å². The van der Waals surface area contributed by atoms with E-state index in [4.69, 9.17) is 16.4 Å². The minimum Gasteiger partial charge on any atom is -0.477 e. The lowest BCUT2D eigenvalue weighted by atomic mass is 10.0. The Labute approximate surface area is 114 Å². The van der Waals surface area contributed by atoms with E-state index in [-0.39, 0.29) is 23.5 Å². The highest BCUT2D eigenvalue weighted by atomic mass is 19.1. The molecule has 0 bridgehead atoms. The topological polar surface area (TPSA) is 76.4 Å². The van der Waals surface area contributed by atoms with Crippen molar-refractivity contribution >= 4 is 11.8 Å². The quantitative estimate of drug-likeness (QED) is 0.352. The first-order valence-electron chi connectivity index (χ1n) is 5.43. The summed E-state index contributed by atoms with van der Waals surface area (Å²) < 4.78 is 23.1. The Balaban J connectivity index is 3.14. The predicted molar refractivity (Wildman–Crippen MR) is 66.4 cm³/mol. The molecule has 1 aromatic carbocycles. The van der Waals surface area contributed by atoms with Gasteiger partial charge in [-0.15, -0.1) is 6.42 Å². The SMILES string of the molecule is C#Cc1cc(F)c(C(=O)CC(=O)OC)cc1OCC#N. The van der Waals surface area contributed by atoms with Gasteiger partial charge in [0.1, 0.15) is 24.1 Å². The van der Waals surface area contributed by atoms with Gasteiger partial charge < -0.3 is 9.47 Å². The third-order valence-electron chi connectivity index (χ3n) is 2.35. The van der Waals surface area contributed by atoms with Gasteiger partial charge in [0.05, 0.1) is 18.2 Å². The van der Waals surface area contributed by atoms with Gasteiger partial charge in [0.15, 0.2) is 12.4 Å². The molecule has 0 saturated carbocycles. The highest BCUT2D eigenvalue weighted by molar-refractivity contribution is 6.06. The normalized spacial score (nSPS) is 9.20. The number of halogens is 1. The van der Waals surface area contributed by atoms with Gasteiger partial charge >= 0.3 is 5.97 Å². The van der Waals surface area contributed by atoms with E-state index in [0.29, 0.717) is 0 Å². The van der Waals surface area contributed by atoms with E-state index in [9.17, 15) is 14.0 Å². The molecule has 6 heteroatoms. The first-order valence-corrected chi connectivity index (χ1v) is 5.43. The van der Waals surface area contributed by atoms with Gasteiger partial charge in [0.25, 0.3) is 0 Å². The number of carbonyl (C=O) groups excluding carboxylic acids is 2. The molecule has 0 spiro atoms. The van der Waals surface area contributed by atoms with Crippen LogP contribution in [0.2, 0.25) is 0 Å². The summed E-state index contributed by atoms with van der Waals surface area (Å²) in [6, 6.07) is 3.75. The second-order valence-corrected chi connectivity index (χ2v) is 3.60. The van der Waals surface area contributed by atoms with Gasteiger partial charge in [0.2, 0.25) is 0 Å². The van der Waals surface area contributed by atoms with Crippen LogP contribution in [-0.4, -0.2) is 25.5 Å². The minimum absolute atomic E-state index is 0.0312. The number of esters is 1. The van der Waals surface area contributed by atoms with Crippen LogP contribution >= 0.6 is 0 Å². The smallest absolute Gasteiger partial charge is 0.313 e. The van der Waals surface area contributed by atoms with Crippen LogP contribution < -0.4 is 4.74 Å². The monoisotopic (exact) mass is 275 g/mol. The third-order valence-corrected chi connectivity index (χ3v) is 2.35. The number of benzene rings is 1. The number of methoxy groups -OCH3 is 1. The van der Waals surface area contributed by atoms with E-state index in [0.717, 1.165) is 19.2 Å². The molecule has 0 heterocycles. The van der Waals surface area contributed by atoms with Crippen LogP contribution in [0.15, 0.2) is 12.1 Å². The maximum absolute atomic E-state index is 13.8. The number of ketones is 1. The van der Waals surface area contributed by atoms with Crippen molar-refractivity contribution in [2.24, 2.45) is 0 Å². The highest BCUT2D eigenvalue weighted by Gasteiger charge is 2.19. The van der Waals surface area contributed by atoms with Gasteiger partial charge in [0, 0.05) is 0 Å². The Morgan fingerprint density at radius 3 is 2.70 bits per heavy atom. The third kappa shape index (κ3) is 3.56. The fraction of sp³-hybridized carbons (Fsp3) is 0.214. The molecule has 5 nitrogen and oxygen atoms in total. The first-order chi connectivity index (χ1) is 9.53. The summed E-state index contributed by atoms with van der Waals surface area (Å²) >= 11 is 0. The number of hydrogen-bond acceptors (Lipinski definition) is 5. The van der Waals surface area contributed by atoms with Crippen molar-refractivity contribution < 1.29 is 23.5 Å². The number of hydrogen-bond donors (Lipinski definition) is 0. The van der Waals surface area contributed by atoms with Crippen LogP contribution in [0.4, 0.5) is 4.39 Å². The molecule has 102 valence electrons. The molecule has 0 aromatic heterocycles. The zero-order valence-corrected chi connectivity index (χ0v) is 10.6. The van der Waals surface area contributed by atoms with Crippen molar-refractivity contribution in [3.8, 4) is 24.2 Å². The Morgan fingerprint density at radius 2 is 2.15 bits per heavy atom. The van der Waals surface area contributed by atoms with Gasteiger partial charge in [-0.3, -0.25) is 9.59 Å². The van der Waals surface area contributed by atoms with Crippen molar-refractivity contribution in [2.45, 2.75) is 6.42 Å². The summed E-state index contributed by atoms with van der Waals surface area (Å²) in [7, 11) is 1.12. The van der Waals surface area contributed by atoms with E-state index < -0.39 is 24.0 Å². The number of carbonyl (C=O) groups is 2. The van der Waals surface area contributed by atoms with Crippen molar-refractivity contribution in [2.75, 3.05) is 13.7 Å². The Bertz CT molecular complexity index is 625. The van der Waals surface area contributed by atoms with Crippen molar-refractivity contribution in [3.63, 3.8) is 0 Å². The van der Waals surface area contributed by atoms with E-state index in [1.807, 2.05) is 0 Å². The lowest BCUT2D eigenvalue weighted by molar-refractivity contribution is -0.139. The second kappa shape index (κ2) is 6.91. The van der Waals surface area contributed by atoms with Crippen molar-refractivity contribution in [3.05, 3.63) is 29.1 Å². The van der Waals surface area contributed by atoms with E-state index in [2.05, 4.69) is 10.7 Å². The largest absolute Gasteiger partial charge is 0.477 e. The summed E-state index contributed by atoms with van der Waals surface area (Å²) in [6.07, 6.45) is 4.58. The Kier molecular flexibility index (Phi) is 5.25. The van der Waals surface area contributed by atoms with E-state index in [1.165, 1.54) is 0 Å². The summed E-state index contributed by atoms with van der Waals surface area (Å²) in [5.74, 6) is -0.194. The highest BCUT2D eigenvalue weighted by Crippen LogP contribution is 2.23. The van der Waals surface area contributed by atoms with Gasteiger partial charge in [-0.25, -0.2) is 4.39 Å². The average molecular weight is 275 g/mol. The lowest BCUT2D eigenvalue weighted by Gasteiger charge is -2.08. The molecule has 1 aromatic rings. The van der Waals surface area contributed by atoms with Crippen LogP contribution in [0.5, 0.6) is 5.75 Å². The summed E-state index contributed by atoms with van der Waals surface area (Å²) in [5.41, 5.74) is -0.269. The number of Topliss-reactive ketones (excluding diaryl/α,β-unsaturated/α-hetero) is 1. The molecule has 0 aliphatic heterocycles. The first kappa shape index (κ1) is 15.2. The molecule has 0 saturated heterocycles. The number of rotatable bonds is 5. The molecule has 0 atom stereocenters. The fourth-order valence-corrected chi connectivity index (χ4v) is 1.41. The predicted octanol–water partition coefficient (Wildman–Crippen LogP) is 1.46. The Hall–Kier alpha value is -2.86. The fourth-order valence-electron chi connectivity index (χ4n) is 1.41. The molecule has 0 aliphatic rings. The summed E-state index contributed by atoms with van der Waals surface area (Å²) in [5, 5.41) is 8.45.